The van der Waals surface area contributed by atoms with Crippen molar-refractivity contribution >= 4 is 40.5 Å². The molecule has 5 aromatic rings. The molecule has 0 bridgehead atoms. The van der Waals surface area contributed by atoms with Gasteiger partial charge in [-0.1, -0.05) is 84.4 Å². The first-order valence-corrected chi connectivity index (χ1v) is 17.8. The molecule has 4 aromatic carbocycles. The van der Waals surface area contributed by atoms with Crippen LogP contribution in [-0.2, 0) is 13.2 Å². The Labute approximate surface area is 295 Å². The van der Waals surface area contributed by atoms with Gasteiger partial charge in [-0.3, -0.25) is 0 Å². The second kappa shape index (κ2) is 17.8. The van der Waals surface area contributed by atoms with Gasteiger partial charge >= 0.3 is 0 Å². The molecule has 0 spiro atoms. The third-order valence-corrected chi connectivity index (χ3v) is 9.25. The fourth-order valence-electron chi connectivity index (χ4n) is 6.24. The van der Waals surface area contributed by atoms with Gasteiger partial charge in [-0.15, -0.1) is 0 Å². The first-order valence-electron chi connectivity index (χ1n) is 17.4. The fraction of sp³-hybridized carbons (Fsp3) is 0.317. The van der Waals surface area contributed by atoms with Gasteiger partial charge in [0.2, 0.25) is 0 Å². The summed E-state index contributed by atoms with van der Waals surface area (Å²) in [5, 5.41) is 5.22. The van der Waals surface area contributed by atoms with Crippen LogP contribution in [0.1, 0.15) is 54.6 Å². The third-order valence-electron chi connectivity index (χ3n) is 9.01. The molecule has 254 valence electrons. The Morgan fingerprint density at radius 3 is 2.22 bits per heavy atom. The van der Waals surface area contributed by atoms with Crippen molar-refractivity contribution in [2.24, 2.45) is 11.7 Å². The molecule has 0 aliphatic carbocycles. The van der Waals surface area contributed by atoms with Crippen molar-refractivity contribution in [3.8, 4) is 11.5 Å². The maximum Gasteiger partial charge on any atom is 0.162 e. The zero-order valence-electron chi connectivity index (χ0n) is 28.1. The Balaban J connectivity index is 1.14. The summed E-state index contributed by atoms with van der Waals surface area (Å²) in [5.41, 5.74) is 9.64. The number of hydrogen-bond acceptors (Lipinski definition) is 7. The quantitative estimate of drug-likeness (QED) is 0.101. The van der Waals surface area contributed by atoms with Gasteiger partial charge in [0.05, 0.1) is 5.52 Å². The average Bonchev–Trinajstić information content (AvgIpc) is 3.14. The highest BCUT2D eigenvalue weighted by molar-refractivity contribution is 6.31. The predicted molar refractivity (Wildman–Crippen MR) is 202 cm³/mol. The SMILES string of the molecule is NCCCN1CCC(CCCNc2nc(/C=C/c3ccc(OCc4ccccc4)c(OCc4ccccc4)c3)nc3cc(Cl)ccc23)CC1. The molecular weight excluding hydrogens is 630 g/mol. The number of piperidine rings is 1. The highest BCUT2D eigenvalue weighted by atomic mass is 35.5. The van der Waals surface area contributed by atoms with Gasteiger partial charge in [0.25, 0.3) is 0 Å². The highest BCUT2D eigenvalue weighted by Gasteiger charge is 2.18. The molecule has 1 aliphatic rings. The van der Waals surface area contributed by atoms with Crippen LogP contribution in [0.3, 0.4) is 0 Å². The number of nitrogens with one attached hydrogen (secondary N) is 1. The van der Waals surface area contributed by atoms with E-state index in [1.54, 1.807) is 0 Å². The predicted octanol–water partition coefficient (Wildman–Crippen LogP) is 8.86. The number of halogens is 1. The lowest BCUT2D eigenvalue weighted by molar-refractivity contribution is 0.177. The van der Waals surface area contributed by atoms with Gasteiger partial charge in [0.15, 0.2) is 17.3 Å². The van der Waals surface area contributed by atoms with E-state index >= 15 is 0 Å². The maximum atomic E-state index is 6.38. The van der Waals surface area contributed by atoms with Crippen LogP contribution in [0.2, 0.25) is 5.02 Å². The van der Waals surface area contributed by atoms with Crippen molar-refractivity contribution in [3.63, 3.8) is 0 Å². The summed E-state index contributed by atoms with van der Waals surface area (Å²) in [4.78, 5) is 12.3. The van der Waals surface area contributed by atoms with Gasteiger partial charge in [-0.2, -0.15) is 0 Å². The van der Waals surface area contributed by atoms with E-state index in [1.165, 1.54) is 32.4 Å². The molecule has 2 heterocycles. The highest BCUT2D eigenvalue weighted by Crippen LogP contribution is 2.31. The number of fused-ring (bicyclic) bond motifs is 1. The van der Waals surface area contributed by atoms with Crippen molar-refractivity contribution in [2.45, 2.75) is 45.3 Å². The molecule has 0 atom stereocenters. The number of anilines is 1. The normalized spacial score (nSPS) is 14.0. The maximum absolute atomic E-state index is 6.38. The zero-order valence-corrected chi connectivity index (χ0v) is 28.8. The van der Waals surface area contributed by atoms with Crippen molar-refractivity contribution in [1.29, 1.82) is 0 Å². The van der Waals surface area contributed by atoms with E-state index in [1.807, 2.05) is 84.9 Å². The molecule has 0 saturated carbocycles. The van der Waals surface area contributed by atoms with Crippen LogP contribution >= 0.6 is 11.6 Å². The molecule has 3 N–H and O–H groups in total. The lowest BCUT2D eigenvalue weighted by atomic mass is 9.92. The average molecular weight is 676 g/mol. The summed E-state index contributed by atoms with van der Waals surface area (Å²) in [6.07, 6.45) is 9.89. The largest absolute Gasteiger partial charge is 0.485 e. The Kier molecular flexibility index (Phi) is 12.5. The van der Waals surface area contributed by atoms with Gasteiger partial charge < -0.3 is 25.4 Å². The number of nitrogens with two attached hydrogens (primary N) is 1. The first-order chi connectivity index (χ1) is 24.1. The molecule has 8 heteroatoms. The van der Waals surface area contributed by atoms with E-state index < -0.39 is 0 Å². The molecule has 49 heavy (non-hydrogen) atoms. The van der Waals surface area contributed by atoms with Crippen LogP contribution in [0.15, 0.2) is 97.1 Å². The van der Waals surface area contributed by atoms with Crippen molar-refractivity contribution in [2.75, 3.05) is 38.0 Å². The van der Waals surface area contributed by atoms with Gasteiger partial charge in [0.1, 0.15) is 19.0 Å². The molecule has 0 amide bonds. The Morgan fingerprint density at radius 1 is 0.796 bits per heavy atom. The van der Waals surface area contributed by atoms with Crippen molar-refractivity contribution in [1.82, 2.24) is 14.9 Å². The minimum absolute atomic E-state index is 0.438. The molecule has 0 unspecified atom stereocenters. The van der Waals surface area contributed by atoms with E-state index in [4.69, 9.17) is 36.8 Å². The Hall–Kier alpha value is -4.43. The van der Waals surface area contributed by atoms with Crippen molar-refractivity contribution in [3.05, 3.63) is 125 Å². The molecule has 7 nitrogen and oxygen atoms in total. The van der Waals surface area contributed by atoms with E-state index in [-0.39, 0.29) is 0 Å². The molecule has 6 rings (SSSR count). The molecule has 1 aromatic heterocycles. The summed E-state index contributed by atoms with van der Waals surface area (Å²) < 4.78 is 12.5. The number of nitrogens with zero attached hydrogens (tertiary/aromatic N) is 3. The smallest absolute Gasteiger partial charge is 0.162 e. The number of hydrogen-bond donors (Lipinski definition) is 2. The Bertz CT molecular complexity index is 1790. The van der Waals surface area contributed by atoms with Crippen LogP contribution < -0.4 is 20.5 Å². The molecule has 0 radical (unpaired) electrons. The number of aromatic nitrogens is 2. The third kappa shape index (κ3) is 10.3. The van der Waals surface area contributed by atoms with Crippen LogP contribution in [0.5, 0.6) is 11.5 Å². The van der Waals surface area contributed by atoms with Gasteiger partial charge in [-0.05, 0) is 117 Å². The fourth-order valence-corrected chi connectivity index (χ4v) is 6.41. The second-order valence-electron chi connectivity index (χ2n) is 12.7. The van der Waals surface area contributed by atoms with Gasteiger partial charge in [0, 0.05) is 17.0 Å². The second-order valence-corrected chi connectivity index (χ2v) is 13.1. The van der Waals surface area contributed by atoms with E-state index in [0.717, 1.165) is 71.8 Å². The van der Waals surface area contributed by atoms with Crippen LogP contribution in [-0.4, -0.2) is 47.6 Å². The summed E-state index contributed by atoms with van der Waals surface area (Å²) in [6, 6.07) is 32.0. The van der Waals surface area contributed by atoms with E-state index in [9.17, 15) is 0 Å². The van der Waals surface area contributed by atoms with E-state index in [2.05, 4.69) is 34.5 Å². The van der Waals surface area contributed by atoms with Crippen molar-refractivity contribution < 1.29 is 9.47 Å². The van der Waals surface area contributed by atoms with E-state index in [0.29, 0.717) is 35.6 Å². The number of benzene rings is 4. The lowest BCUT2D eigenvalue weighted by Crippen LogP contribution is -2.35. The standard InChI is InChI=1S/C41H46ClN5O2/c42-35-16-17-36-37(28-35)45-40(46-41(36)44-23-7-13-31-20-25-47(26-21-31)24-8-22-43)19-15-32-14-18-38(48-29-33-9-3-1-4-10-33)39(27-32)49-30-34-11-5-2-6-12-34/h1-6,9-12,14-19,27-28,31H,7-8,13,20-26,29-30,43H2,(H,44,45,46)/b19-15+. The van der Waals surface area contributed by atoms with Gasteiger partial charge in [-0.25, -0.2) is 9.97 Å². The van der Waals surface area contributed by atoms with Crippen LogP contribution in [0.25, 0.3) is 23.1 Å². The molecule has 1 fully saturated rings. The summed E-state index contributed by atoms with van der Waals surface area (Å²) in [6.45, 7) is 6.03. The topological polar surface area (TPSA) is 85.5 Å². The summed E-state index contributed by atoms with van der Waals surface area (Å²) in [7, 11) is 0. The molecule has 1 aliphatic heterocycles. The first kappa shape index (κ1) is 34.4. The number of ether oxygens (including phenoxy) is 2. The minimum Gasteiger partial charge on any atom is -0.485 e. The summed E-state index contributed by atoms with van der Waals surface area (Å²) in [5.74, 6) is 3.59. The molecular formula is C41H46ClN5O2. The number of rotatable bonds is 16. The summed E-state index contributed by atoms with van der Waals surface area (Å²) >= 11 is 6.38. The van der Waals surface area contributed by atoms with Crippen LogP contribution in [0, 0.1) is 5.92 Å². The number of likely N-dealkylation sites (tertiary alicyclic amines) is 1. The van der Waals surface area contributed by atoms with Crippen LogP contribution in [0.4, 0.5) is 5.82 Å². The monoisotopic (exact) mass is 675 g/mol. The lowest BCUT2D eigenvalue weighted by Gasteiger charge is -2.31. The Morgan fingerprint density at radius 2 is 1.51 bits per heavy atom. The molecule has 1 saturated heterocycles. The zero-order chi connectivity index (χ0) is 33.7. The minimum atomic E-state index is 0.438.